The summed E-state index contributed by atoms with van der Waals surface area (Å²) in [7, 11) is 0. The van der Waals surface area contributed by atoms with Gasteiger partial charge in [-0.2, -0.15) is 0 Å². The van der Waals surface area contributed by atoms with Crippen LogP contribution in [-0.2, 0) is 17.8 Å². The Bertz CT molecular complexity index is 392. The number of ketones is 1. The summed E-state index contributed by atoms with van der Waals surface area (Å²) in [4.78, 5) is 16.3. The van der Waals surface area contributed by atoms with E-state index in [1.54, 1.807) is 6.20 Å². The van der Waals surface area contributed by atoms with E-state index in [0.717, 1.165) is 25.2 Å². The minimum Gasteiger partial charge on any atom is -0.335 e. The second kappa shape index (κ2) is 4.04. The highest BCUT2D eigenvalue weighted by molar-refractivity contribution is 5.85. The number of aromatic nitrogens is 2. The lowest BCUT2D eigenvalue weighted by atomic mass is 10.1. The van der Waals surface area contributed by atoms with E-state index in [1.165, 1.54) is 0 Å². The quantitative estimate of drug-likeness (QED) is 0.764. The smallest absolute Gasteiger partial charge is 0.144 e. The zero-order valence-corrected chi connectivity index (χ0v) is 10.4. The van der Waals surface area contributed by atoms with Crippen LogP contribution in [0.1, 0.15) is 39.4 Å². The number of hydrogen-bond donors (Lipinski definition) is 0. The molecule has 0 bridgehead atoms. The number of Topliss-reactive ketones (excluding diaryl/α,β-unsaturated/α-hetero) is 1. The summed E-state index contributed by atoms with van der Waals surface area (Å²) in [6, 6.07) is 0. The summed E-state index contributed by atoms with van der Waals surface area (Å²) in [5, 5.41) is 0. The van der Waals surface area contributed by atoms with Crippen LogP contribution in [0.3, 0.4) is 0 Å². The molecule has 88 valence electrons. The molecule has 1 aliphatic rings. The molecule has 0 spiro atoms. The van der Waals surface area contributed by atoms with E-state index in [4.69, 9.17) is 0 Å². The molecule has 1 fully saturated rings. The van der Waals surface area contributed by atoms with Gasteiger partial charge in [-0.3, -0.25) is 4.79 Å². The van der Waals surface area contributed by atoms with E-state index in [2.05, 4.69) is 30.3 Å². The lowest BCUT2D eigenvalue weighted by molar-refractivity contribution is -0.120. The lowest BCUT2D eigenvalue weighted by Gasteiger charge is -2.06. The molecule has 1 aromatic rings. The Kier molecular flexibility index (Phi) is 2.87. The van der Waals surface area contributed by atoms with Crippen molar-refractivity contribution in [3.63, 3.8) is 0 Å². The molecule has 1 heterocycles. The second-order valence-corrected chi connectivity index (χ2v) is 5.43. The maximum absolute atomic E-state index is 12.0. The molecule has 0 aliphatic heterocycles. The summed E-state index contributed by atoms with van der Waals surface area (Å²) < 4.78 is 2.09. The summed E-state index contributed by atoms with van der Waals surface area (Å²) in [6.45, 7) is 7.41. The first-order valence-corrected chi connectivity index (χ1v) is 6.07. The van der Waals surface area contributed by atoms with Gasteiger partial charge in [0, 0.05) is 24.9 Å². The molecule has 0 saturated heterocycles. The highest BCUT2D eigenvalue weighted by atomic mass is 16.1. The second-order valence-electron chi connectivity index (χ2n) is 5.43. The Morgan fingerprint density at radius 2 is 2.31 bits per heavy atom. The van der Waals surface area contributed by atoms with Crippen molar-refractivity contribution in [1.29, 1.82) is 0 Å². The van der Waals surface area contributed by atoms with Gasteiger partial charge in [0.05, 0.1) is 6.42 Å². The summed E-state index contributed by atoms with van der Waals surface area (Å²) in [5.41, 5.74) is 0.235. The molecule has 16 heavy (non-hydrogen) atoms. The van der Waals surface area contributed by atoms with E-state index in [9.17, 15) is 4.79 Å². The van der Waals surface area contributed by atoms with Crippen molar-refractivity contribution in [3.8, 4) is 0 Å². The number of carbonyl (C=O) groups excluding carboxylic acids is 1. The third-order valence-corrected chi connectivity index (χ3v) is 3.50. The molecular weight excluding hydrogens is 200 g/mol. The van der Waals surface area contributed by atoms with Crippen molar-refractivity contribution in [1.82, 2.24) is 9.55 Å². The van der Waals surface area contributed by atoms with Crippen LogP contribution < -0.4 is 0 Å². The minimum absolute atomic E-state index is 0.235. The monoisotopic (exact) mass is 220 g/mol. The normalized spacial score (nSPS) is 22.1. The van der Waals surface area contributed by atoms with Crippen molar-refractivity contribution >= 4 is 5.78 Å². The maximum atomic E-state index is 12.0. The lowest BCUT2D eigenvalue weighted by Crippen LogP contribution is -2.13. The fraction of sp³-hybridized carbons (Fsp3) is 0.692. The topological polar surface area (TPSA) is 34.9 Å². The SMILES string of the molecule is CCCn1ccnc1CC(=O)C1CC1(C)C. The van der Waals surface area contributed by atoms with Crippen LogP contribution in [0.4, 0.5) is 0 Å². The number of nitrogens with zero attached hydrogens (tertiary/aromatic N) is 2. The predicted octanol–water partition coefficient (Wildman–Crippen LogP) is 2.45. The number of aryl methyl sites for hydroxylation is 1. The Labute approximate surface area is 96.9 Å². The van der Waals surface area contributed by atoms with Gasteiger partial charge in [0.25, 0.3) is 0 Å². The van der Waals surface area contributed by atoms with Crippen LogP contribution in [0.2, 0.25) is 0 Å². The van der Waals surface area contributed by atoms with Gasteiger partial charge in [0.2, 0.25) is 0 Å². The van der Waals surface area contributed by atoms with E-state index in [0.29, 0.717) is 12.2 Å². The number of imidazole rings is 1. The Balaban J connectivity index is 1.99. The van der Waals surface area contributed by atoms with Gasteiger partial charge in [0.1, 0.15) is 11.6 Å². The molecule has 1 atom stereocenters. The van der Waals surface area contributed by atoms with Crippen LogP contribution in [-0.4, -0.2) is 15.3 Å². The Morgan fingerprint density at radius 3 is 2.88 bits per heavy atom. The molecular formula is C13H20N2O. The van der Waals surface area contributed by atoms with Crippen molar-refractivity contribution < 1.29 is 4.79 Å². The third-order valence-electron chi connectivity index (χ3n) is 3.50. The van der Waals surface area contributed by atoms with Gasteiger partial charge in [-0.15, -0.1) is 0 Å². The first-order valence-electron chi connectivity index (χ1n) is 6.07. The average molecular weight is 220 g/mol. The van der Waals surface area contributed by atoms with Gasteiger partial charge < -0.3 is 4.57 Å². The zero-order chi connectivity index (χ0) is 11.8. The third kappa shape index (κ3) is 2.18. The number of rotatable bonds is 5. The van der Waals surface area contributed by atoms with Crippen LogP contribution in [0.5, 0.6) is 0 Å². The number of carbonyl (C=O) groups is 1. The van der Waals surface area contributed by atoms with Crippen molar-refractivity contribution in [3.05, 3.63) is 18.2 Å². The molecule has 3 nitrogen and oxygen atoms in total. The van der Waals surface area contributed by atoms with Crippen molar-refractivity contribution in [2.24, 2.45) is 11.3 Å². The number of hydrogen-bond acceptors (Lipinski definition) is 2. The van der Waals surface area contributed by atoms with E-state index >= 15 is 0 Å². The molecule has 1 unspecified atom stereocenters. The fourth-order valence-electron chi connectivity index (χ4n) is 2.25. The average Bonchev–Trinajstić information content (AvgIpc) is 2.65. The molecule has 1 saturated carbocycles. The highest BCUT2D eigenvalue weighted by Crippen LogP contribution is 2.52. The van der Waals surface area contributed by atoms with Crippen LogP contribution in [0, 0.1) is 11.3 Å². The Hall–Kier alpha value is -1.12. The van der Waals surface area contributed by atoms with Gasteiger partial charge in [-0.1, -0.05) is 20.8 Å². The molecule has 1 aromatic heterocycles. The summed E-state index contributed by atoms with van der Waals surface area (Å²) >= 11 is 0. The summed E-state index contributed by atoms with van der Waals surface area (Å²) in [6.07, 6.45) is 6.37. The molecule has 0 aromatic carbocycles. The zero-order valence-electron chi connectivity index (χ0n) is 10.4. The predicted molar refractivity (Wildman–Crippen MR) is 63.1 cm³/mol. The van der Waals surface area contributed by atoms with Crippen LogP contribution >= 0.6 is 0 Å². The molecule has 0 amide bonds. The maximum Gasteiger partial charge on any atom is 0.144 e. The van der Waals surface area contributed by atoms with Gasteiger partial charge >= 0.3 is 0 Å². The molecule has 1 aliphatic carbocycles. The molecule has 0 radical (unpaired) electrons. The summed E-state index contributed by atoms with van der Waals surface area (Å²) in [5.74, 6) is 1.54. The highest BCUT2D eigenvalue weighted by Gasteiger charge is 2.50. The molecule has 3 heteroatoms. The van der Waals surface area contributed by atoms with Gasteiger partial charge in [-0.25, -0.2) is 4.98 Å². The first kappa shape index (κ1) is 11.4. The van der Waals surface area contributed by atoms with E-state index < -0.39 is 0 Å². The van der Waals surface area contributed by atoms with Crippen LogP contribution in [0.15, 0.2) is 12.4 Å². The van der Waals surface area contributed by atoms with Gasteiger partial charge in [0.15, 0.2) is 0 Å². The molecule has 0 N–H and O–H groups in total. The van der Waals surface area contributed by atoms with Gasteiger partial charge in [-0.05, 0) is 18.3 Å². The van der Waals surface area contributed by atoms with E-state index in [1.807, 2.05) is 6.20 Å². The fourth-order valence-corrected chi connectivity index (χ4v) is 2.25. The van der Waals surface area contributed by atoms with Crippen molar-refractivity contribution in [2.75, 3.05) is 0 Å². The molecule has 2 rings (SSSR count). The first-order chi connectivity index (χ1) is 7.54. The minimum atomic E-state index is 0.235. The Morgan fingerprint density at radius 1 is 1.62 bits per heavy atom. The standard InChI is InChI=1S/C13H20N2O/c1-4-6-15-7-5-14-12(15)8-11(16)10-9-13(10,2)3/h5,7,10H,4,6,8-9H2,1-3H3. The van der Waals surface area contributed by atoms with E-state index in [-0.39, 0.29) is 11.3 Å². The van der Waals surface area contributed by atoms with Crippen LogP contribution in [0.25, 0.3) is 0 Å². The van der Waals surface area contributed by atoms with Crippen molar-refractivity contribution in [2.45, 2.75) is 46.6 Å². The largest absolute Gasteiger partial charge is 0.335 e.